The van der Waals surface area contributed by atoms with Crippen LogP contribution in [0.25, 0.3) is 0 Å². The van der Waals surface area contributed by atoms with Crippen LogP contribution in [-0.4, -0.2) is 33.6 Å². The first-order valence-electron chi connectivity index (χ1n) is 19.3. The predicted molar refractivity (Wildman–Crippen MR) is 211 cm³/mol. The van der Waals surface area contributed by atoms with E-state index in [2.05, 4.69) is 120 Å². The van der Waals surface area contributed by atoms with Gasteiger partial charge in [0.05, 0.1) is 18.3 Å². The Hall–Kier alpha value is -1.68. The van der Waals surface area contributed by atoms with Gasteiger partial charge in [0, 0.05) is 0 Å². The summed E-state index contributed by atoms with van der Waals surface area (Å²) in [7, 11) is 0. The van der Waals surface area contributed by atoms with E-state index >= 15 is 0 Å². The molecule has 0 heterocycles. The van der Waals surface area contributed by atoms with Crippen LogP contribution in [0.2, 0.25) is 0 Å². The molecule has 276 valence electrons. The maximum absolute atomic E-state index is 9.99. The van der Waals surface area contributed by atoms with Crippen LogP contribution in [0.5, 0.6) is 0 Å². The smallest absolute Gasteiger partial charge is 0.0746 e. The van der Waals surface area contributed by atoms with Gasteiger partial charge >= 0.3 is 0 Å². The lowest BCUT2D eigenvalue weighted by Gasteiger charge is -2.20. The van der Waals surface area contributed by atoms with Crippen molar-refractivity contribution in [3.8, 4) is 0 Å². The van der Waals surface area contributed by atoms with Crippen molar-refractivity contribution in [1.29, 1.82) is 0 Å². The van der Waals surface area contributed by atoms with Gasteiger partial charge < -0.3 is 15.3 Å². The van der Waals surface area contributed by atoms with Crippen molar-refractivity contribution in [3.63, 3.8) is 0 Å². The second-order valence-corrected chi connectivity index (χ2v) is 17.9. The van der Waals surface area contributed by atoms with Crippen molar-refractivity contribution in [3.05, 3.63) is 71.4 Å². The first kappa shape index (κ1) is 44.3. The predicted octanol–water partition coefficient (Wildman–Crippen LogP) is 12.3. The minimum atomic E-state index is -0.280. The van der Waals surface area contributed by atoms with E-state index in [1.807, 2.05) is 18.2 Å². The maximum Gasteiger partial charge on any atom is 0.0746 e. The van der Waals surface area contributed by atoms with Crippen molar-refractivity contribution in [2.24, 2.45) is 34.0 Å². The van der Waals surface area contributed by atoms with E-state index in [0.717, 1.165) is 38.5 Å². The summed E-state index contributed by atoms with van der Waals surface area (Å²) in [6, 6.07) is 0. The summed E-state index contributed by atoms with van der Waals surface area (Å²) in [5.74, 6) is 1.12. The zero-order valence-electron chi connectivity index (χ0n) is 33.5. The molecule has 3 nitrogen and oxygen atoms in total. The topological polar surface area (TPSA) is 60.7 Å². The highest BCUT2D eigenvalue weighted by atomic mass is 16.3. The van der Waals surface area contributed by atoms with Crippen LogP contribution in [0.15, 0.2) is 71.4 Å². The number of hydrogen-bond acceptors (Lipinski definition) is 3. The lowest BCUT2D eigenvalue weighted by Crippen LogP contribution is -2.16. The van der Waals surface area contributed by atoms with Gasteiger partial charge in [0.25, 0.3) is 0 Å². The Morgan fingerprint density at radius 1 is 0.458 bits per heavy atom. The molecule has 0 aromatic carbocycles. The fraction of sp³-hybridized carbons (Fsp3) is 0.733. The minimum absolute atomic E-state index is 0.159. The van der Waals surface area contributed by atoms with Crippen molar-refractivity contribution in [2.75, 3.05) is 0 Å². The highest BCUT2D eigenvalue weighted by molar-refractivity contribution is 5.09. The lowest BCUT2D eigenvalue weighted by atomic mass is 9.87. The third-order valence-corrected chi connectivity index (χ3v) is 10.6. The molecule has 48 heavy (non-hydrogen) atoms. The number of aliphatic hydroxyl groups excluding tert-OH is 3. The van der Waals surface area contributed by atoms with Crippen LogP contribution in [0, 0.1) is 34.0 Å². The van der Waals surface area contributed by atoms with Gasteiger partial charge in [0.1, 0.15) is 0 Å². The van der Waals surface area contributed by atoms with E-state index in [1.165, 1.54) is 55.2 Å². The second-order valence-electron chi connectivity index (χ2n) is 17.9. The molecule has 0 aromatic heterocycles. The Kier molecular flexibility index (Phi) is 19.9. The third kappa shape index (κ3) is 20.1. The summed E-state index contributed by atoms with van der Waals surface area (Å²) >= 11 is 0. The second kappa shape index (κ2) is 21.5. The molecule has 0 radical (unpaired) electrons. The standard InChI is InChI=1S/3C15H26O/c3*1-12-6-5-7-13(2)14(16)9-11-15(3,4)10-8-12/h3*8-9,11,13-14,16H,5-7,10H2,1-4H3/b3*11-9+,12-8+/t3*13-,14+/m111/s1. The highest BCUT2D eigenvalue weighted by Gasteiger charge is 2.19. The molecule has 3 aliphatic carbocycles. The summed E-state index contributed by atoms with van der Waals surface area (Å²) in [6.45, 7) is 26.4. The molecule has 0 fully saturated rings. The fourth-order valence-electron chi connectivity index (χ4n) is 6.09. The summed E-state index contributed by atoms with van der Waals surface area (Å²) in [6.07, 6.45) is 32.3. The summed E-state index contributed by atoms with van der Waals surface area (Å²) < 4.78 is 0. The van der Waals surface area contributed by atoms with E-state index in [4.69, 9.17) is 0 Å². The fourth-order valence-corrected chi connectivity index (χ4v) is 6.09. The molecule has 3 heteroatoms. The van der Waals surface area contributed by atoms with Gasteiger partial charge in [-0.1, -0.05) is 134 Å². The van der Waals surface area contributed by atoms with Crippen molar-refractivity contribution in [2.45, 2.75) is 178 Å². The van der Waals surface area contributed by atoms with E-state index in [1.54, 1.807) is 0 Å². The van der Waals surface area contributed by atoms with E-state index in [9.17, 15) is 15.3 Å². The number of rotatable bonds is 0. The molecule has 0 amide bonds. The van der Waals surface area contributed by atoms with Crippen molar-refractivity contribution < 1.29 is 15.3 Å². The van der Waals surface area contributed by atoms with E-state index in [0.29, 0.717) is 17.8 Å². The monoisotopic (exact) mass is 667 g/mol. The van der Waals surface area contributed by atoms with Crippen LogP contribution < -0.4 is 0 Å². The van der Waals surface area contributed by atoms with Crippen molar-refractivity contribution in [1.82, 2.24) is 0 Å². The largest absolute Gasteiger partial charge is 0.389 e. The molecule has 0 aromatic rings. The quantitative estimate of drug-likeness (QED) is 0.225. The van der Waals surface area contributed by atoms with Gasteiger partial charge in [0.2, 0.25) is 0 Å². The number of aliphatic hydroxyl groups is 3. The molecule has 0 saturated carbocycles. The SMILES string of the molecule is C/C1=C\CC(C)(C)/C=C/[C@H](O)[C@H](C)CCC1.C/C1=C\CC(C)(C)/C=C/[C@H](O)[C@H](C)CCC1.C/C1=C\CC(C)(C)/C=C/[C@H](O)[C@H](C)CCC1. The average molecular weight is 667 g/mol. The van der Waals surface area contributed by atoms with Crippen LogP contribution in [0.1, 0.15) is 160 Å². The first-order chi connectivity index (χ1) is 22.2. The van der Waals surface area contributed by atoms with Gasteiger partial charge in [-0.05, 0) is 132 Å². The number of allylic oxidation sites excluding steroid dienone is 9. The van der Waals surface area contributed by atoms with Gasteiger partial charge in [0.15, 0.2) is 0 Å². The minimum Gasteiger partial charge on any atom is -0.389 e. The molecule has 3 rings (SSSR count). The molecule has 0 saturated heterocycles. The molecule has 6 atom stereocenters. The summed E-state index contributed by atoms with van der Waals surface area (Å²) in [4.78, 5) is 0. The Balaban J connectivity index is 0.000000360. The Morgan fingerprint density at radius 3 is 0.917 bits per heavy atom. The van der Waals surface area contributed by atoms with E-state index in [-0.39, 0.29) is 34.6 Å². The van der Waals surface area contributed by atoms with Gasteiger partial charge in [-0.3, -0.25) is 0 Å². The van der Waals surface area contributed by atoms with Crippen LogP contribution in [-0.2, 0) is 0 Å². The zero-order chi connectivity index (χ0) is 36.5. The number of hydrogen-bond donors (Lipinski definition) is 3. The Labute approximate surface area is 298 Å². The van der Waals surface area contributed by atoms with Crippen LogP contribution in [0.3, 0.4) is 0 Å². The first-order valence-corrected chi connectivity index (χ1v) is 19.3. The normalized spacial score (nSPS) is 36.9. The molecule has 0 spiro atoms. The molecule has 0 aliphatic heterocycles. The lowest BCUT2D eigenvalue weighted by molar-refractivity contribution is 0.154. The van der Waals surface area contributed by atoms with Crippen LogP contribution >= 0.6 is 0 Å². The Morgan fingerprint density at radius 2 is 0.688 bits per heavy atom. The molecule has 3 aliphatic rings. The molecular weight excluding hydrogens is 588 g/mol. The van der Waals surface area contributed by atoms with E-state index < -0.39 is 0 Å². The molecular formula is C45H78O3. The highest BCUT2D eigenvalue weighted by Crippen LogP contribution is 2.29. The third-order valence-electron chi connectivity index (χ3n) is 10.6. The maximum atomic E-state index is 9.99. The summed E-state index contributed by atoms with van der Waals surface area (Å²) in [5, 5.41) is 30.0. The van der Waals surface area contributed by atoms with Gasteiger partial charge in [-0.25, -0.2) is 0 Å². The molecule has 3 N–H and O–H groups in total. The zero-order valence-corrected chi connectivity index (χ0v) is 33.5. The Bertz CT molecular complexity index is 957. The summed E-state index contributed by atoms with van der Waals surface area (Å²) in [5.41, 5.74) is 4.95. The molecule has 0 bridgehead atoms. The van der Waals surface area contributed by atoms with Crippen LogP contribution in [0.4, 0.5) is 0 Å². The van der Waals surface area contributed by atoms with Crippen molar-refractivity contribution >= 4 is 0 Å². The van der Waals surface area contributed by atoms with Gasteiger partial charge in [-0.2, -0.15) is 0 Å². The molecule has 0 unspecified atom stereocenters. The van der Waals surface area contributed by atoms with Gasteiger partial charge in [-0.15, -0.1) is 0 Å². The average Bonchev–Trinajstić information content (AvgIpc) is 3.06.